The Labute approximate surface area is 189 Å². The molecule has 0 bridgehead atoms. The number of halogens is 2. The molecule has 1 amide bonds. The van der Waals surface area contributed by atoms with Gasteiger partial charge in [0.15, 0.2) is 17.6 Å². The van der Waals surface area contributed by atoms with Crippen LogP contribution in [0.2, 0.25) is 0 Å². The Kier molecular flexibility index (Phi) is 10.4. The van der Waals surface area contributed by atoms with Crippen LogP contribution < -0.4 is 20.9 Å². The molecule has 1 atom stereocenters. The fraction of sp³-hybridized carbons (Fsp3) is 0.632. The third-order valence-corrected chi connectivity index (χ3v) is 3.96. The number of hydrogen-bond donors (Lipinski definition) is 3. The normalized spacial score (nSPS) is 16.8. The van der Waals surface area contributed by atoms with Gasteiger partial charge in [0.05, 0.1) is 6.54 Å². The van der Waals surface area contributed by atoms with Crippen molar-refractivity contribution in [1.29, 1.82) is 0 Å². The van der Waals surface area contributed by atoms with Gasteiger partial charge in [-0.15, -0.1) is 24.0 Å². The third kappa shape index (κ3) is 9.01. The zero-order valence-corrected chi connectivity index (χ0v) is 19.8. The number of aromatic nitrogens is 1. The van der Waals surface area contributed by atoms with Gasteiger partial charge in [-0.1, -0.05) is 0 Å². The summed E-state index contributed by atoms with van der Waals surface area (Å²) in [5, 5.41) is 9.24. The molecule has 8 nitrogen and oxygen atoms in total. The molecule has 29 heavy (non-hydrogen) atoms. The number of rotatable bonds is 6. The van der Waals surface area contributed by atoms with E-state index in [0.29, 0.717) is 31.4 Å². The van der Waals surface area contributed by atoms with Gasteiger partial charge in [0, 0.05) is 38.4 Å². The van der Waals surface area contributed by atoms with Crippen LogP contribution in [0.4, 0.5) is 15.0 Å². The Morgan fingerprint density at radius 1 is 1.41 bits per heavy atom. The number of nitrogens with one attached hydrogen (secondary N) is 3. The molecule has 10 heteroatoms. The monoisotopic (exact) mass is 522 g/mol. The average Bonchev–Trinajstić information content (AvgIpc) is 3.06. The third-order valence-electron chi connectivity index (χ3n) is 3.96. The fourth-order valence-electron chi connectivity index (χ4n) is 2.83. The maximum Gasteiger partial charge on any atom is 0.407 e. The van der Waals surface area contributed by atoms with E-state index in [2.05, 4.69) is 25.9 Å². The van der Waals surface area contributed by atoms with E-state index in [1.165, 1.54) is 6.07 Å². The number of aliphatic imine (C=N–C) groups is 1. The molecule has 0 spiro atoms. The molecule has 1 saturated heterocycles. The Hall–Kier alpha value is -1.85. The molecular formula is C19H32FIN6O2. The van der Waals surface area contributed by atoms with Gasteiger partial charge in [0.1, 0.15) is 5.60 Å². The fourth-order valence-corrected chi connectivity index (χ4v) is 2.83. The molecule has 1 aromatic heterocycles. The highest BCUT2D eigenvalue weighted by Crippen LogP contribution is 2.20. The van der Waals surface area contributed by atoms with E-state index in [1.54, 1.807) is 12.3 Å². The minimum atomic E-state index is -0.523. The number of guanidine groups is 1. The van der Waals surface area contributed by atoms with E-state index in [1.807, 2.05) is 32.6 Å². The molecule has 0 aromatic carbocycles. The van der Waals surface area contributed by atoms with Crippen molar-refractivity contribution in [3.05, 3.63) is 24.1 Å². The maximum atomic E-state index is 13.9. The molecule has 2 rings (SSSR count). The highest BCUT2D eigenvalue weighted by Gasteiger charge is 2.25. The summed E-state index contributed by atoms with van der Waals surface area (Å²) in [6.45, 7) is 10.3. The first-order valence-electron chi connectivity index (χ1n) is 9.65. The van der Waals surface area contributed by atoms with Crippen molar-refractivity contribution in [1.82, 2.24) is 20.9 Å². The van der Waals surface area contributed by atoms with Gasteiger partial charge in [-0.25, -0.2) is 14.2 Å². The minimum absolute atomic E-state index is 0. The number of nitrogens with zero attached hydrogens (tertiary/aromatic N) is 3. The summed E-state index contributed by atoms with van der Waals surface area (Å²) in [5.74, 6) is 0.745. The molecule has 164 valence electrons. The second-order valence-corrected chi connectivity index (χ2v) is 7.57. The van der Waals surface area contributed by atoms with Crippen molar-refractivity contribution in [2.24, 2.45) is 4.99 Å². The van der Waals surface area contributed by atoms with E-state index in [-0.39, 0.29) is 35.8 Å². The topological polar surface area (TPSA) is 90.9 Å². The zero-order chi connectivity index (χ0) is 20.6. The molecule has 3 N–H and O–H groups in total. The zero-order valence-electron chi connectivity index (χ0n) is 17.5. The summed E-state index contributed by atoms with van der Waals surface area (Å²) in [6.07, 6.45) is 2.00. The SMILES string of the molecule is CCNC(=NCCNC(=O)OC(C)(C)C)NC1CCN(c2ncccc2F)C1.I. The number of anilines is 1. The summed E-state index contributed by atoms with van der Waals surface area (Å²) in [7, 11) is 0. The standard InChI is InChI=1S/C19H31FN6O2.HI/c1-5-21-17(23-10-11-24-18(27)28-19(2,3)4)25-14-8-12-26(13-14)16-15(20)7-6-9-22-16;/h6-7,9,14H,5,8,10-13H2,1-4H3,(H,24,27)(H2,21,23,25);1H. The van der Waals surface area contributed by atoms with Gasteiger partial charge in [0.25, 0.3) is 0 Å². The van der Waals surface area contributed by atoms with Crippen molar-refractivity contribution in [3.8, 4) is 0 Å². The molecule has 2 heterocycles. The predicted molar refractivity (Wildman–Crippen MR) is 124 cm³/mol. The summed E-state index contributed by atoms with van der Waals surface area (Å²) in [4.78, 5) is 22.2. The molecular weight excluding hydrogens is 490 g/mol. The Bertz CT molecular complexity index is 683. The van der Waals surface area contributed by atoms with Gasteiger partial charge in [-0.3, -0.25) is 4.99 Å². The van der Waals surface area contributed by atoms with Gasteiger partial charge in [-0.05, 0) is 46.2 Å². The lowest BCUT2D eigenvalue weighted by atomic mass is 10.2. The van der Waals surface area contributed by atoms with E-state index >= 15 is 0 Å². The second kappa shape index (κ2) is 12.0. The van der Waals surface area contributed by atoms with Crippen LogP contribution in [0.3, 0.4) is 0 Å². The van der Waals surface area contributed by atoms with Gasteiger partial charge >= 0.3 is 6.09 Å². The van der Waals surface area contributed by atoms with E-state index in [4.69, 9.17) is 4.74 Å². The molecule has 1 aliphatic heterocycles. The van der Waals surface area contributed by atoms with Gasteiger partial charge in [-0.2, -0.15) is 0 Å². The summed E-state index contributed by atoms with van der Waals surface area (Å²) >= 11 is 0. The number of carbonyl (C=O) groups excluding carboxylic acids is 1. The molecule has 1 aliphatic rings. The molecule has 0 saturated carbocycles. The van der Waals surface area contributed by atoms with E-state index in [0.717, 1.165) is 19.5 Å². The van der Waals surface area contributed by atoms with Crippen LogP contribution in [0.25, 0.3) is 0 Å². The highest BCUT2D eigenvalue weighted by atomic mass is 127. The summed E-state index contributed by atoms with van der Waals surface area (Å²) < 4.78 is 19.1. The Balaban J connectivity index is 0.00000420. The van der Waals surface area contributed by atoms with Gasteiger partial charge < -0.3 is 25.6 Å². The maximum absolute atomic E-state index is 13.9. The summed E-state index contributed by atoms with van der Waals surface area (Å²) in [5.41, 5.74) is -0.523. The lowest BCUT2D eigenvalue weighted by Crippen LogP contribution is -2.45. The van der Waals surface area contributed by atoms with Crippen molar-refractivity contribution >= 4 is 41.8 Å². The number of hydrogen-bond acceptors (Lipinski definition) is 5. The molecule has 0 radical (unpaired) electrons. The molecule has 1 unspecified atom stereocenters. The van der Waals surface area contributed by atoms with E-state index in [9.17, 15) is 9.18 Å². The van der Waals surface area contributed by atoms with Crippen LogP contribution in [0.15, 0.2) is 23.3 Å². The van der Waals surface area contributed by atoms with Crippen LogP contribution in [0.5, 0.6) is 0 Å². The molecule has 1 fully saturated rings. The van der Waals surface area contributed by atoms with Crippen LogP contribution in [-0.4, -0.2) is 61.4 Å². The first-order valence-corrected chi connectivity index (χ1v) is 9.65. The lowest BCUT2D eigenvalue weighted by molar-refractivity contribution is 0.0529. The van der Waals surface area contributed by atoms with Crippen LogP contribution >= 0.6 is 24.0 Å². The van der Waals surface area contributed by atoms with Gasteiger partial charge in [0.2, 0.25) is 0 Å². The van der Waals surface area contributed by atoms with Crippen LogP contribution in [0, 0.1) is 5.82 Å². The number of pyridine rings is 1. The highest BCUT2D eigenvalue weighted by molar-refractivity contribution is 14.0. The molecule has 0 aliphatic carbocycles. The average molecular weight is 522 g/mol. The molecule has 1 aromatic rings. The minimum Gasteiger partial charge on any atom is -0.444 e. The smallest absolute Gasteiger partial charge is 0.407 e. The summed E-state index contributed by atoms with van der Waals surface area (Å²) in [6, 6.07) is 3.15. The van der Waals surface area contributed by atoms with E-state index < -0.39 is 11.7 Å². The first-order chi connectivity index (χ1) is 13.3. The number of ether oxygens (including phenoxy) is 1. The predicted octanol–water partition coefficient (Wildman–Crippen LogP) is 2.50. The number of alkyl carbamates (subject to hydrolysis) is 1. The number of carbonyl (C=O) groups is 1. The Morgan fingerprint density at radius 3 is 2.83 bits per heavy atom. The van der Waals surface area contributed by atoms with Crippen LogP contribution in [-0.2, 0) is 4.74 Å². The quantitative estimate of drug-likeness (QED) is 0.230. The Morgan fingerprint density at radius 2 is 2.17 bits per heavy atom. The van der Waals surface area contributed by atoms with Crippen molar-refractivity contribution in [2.45, 2.75) is 45.8 Å². The van der Waals surface area contributed by atoms with Crippen molar-refractivity contribution in [2.75, 3.05) is 37.6 Å². The van der Waals surface area contributed by atoms with Crippen molar-refractivity contribution in [3.63, 3.8) is 0 Å². The second-order valence-electron chi connectivity index (χ2n) is 7.57. The van der Waals surface area contributed by atoms with Crippen LogP contribution in [0.1, 0.15) is 34.1 Å². The number of amides is 1. The first kappa shape index (κ1) is 25.2. The largest absolute Gasteiger partial charge is 0.444 e. The lowest BCUT2D eigenvalue weighted by Gasteiger charge is -2.20. The van der Waals surface area contributed by atoms with Crippen molar-refractivity contribution < 1.29 is 13.9 Å².